The molecule has 0 radical (unpaired) electrons. The summed E-state index contributed by atoms with van der Waals surface area (Å²) in [5.41, 5.74) is 4.49. The molecular formula is C30H29FN4O3S. The van der Waals surface area contributed by atoms with E-state index in [1.807, 2.05) is 41.3 Å². The van der Waals surface area contributed by atoms with E-state index in [0.717, 1.165) is 22.3 Å². The average Bonchev–Trinajstić information content (AvgIpc) is 3.48. The van der Waals surface area contributed by atoms with Crippen LogP contribution in [-0.4, -0.2) is 51.6 Å². The molecular weight excluding hydrogens is 515 g/mol. The highest BCUT2D eigenvalue weighted by molar-refractivity contribution is 7.98. The van der Waals surface area contributed by atoms with Crippen LogP contribution in [0.4, 0.5) is 4.39 Å². The molecule has 4 aromatic rings. The molecule has 0 fully saturated rings. The number of aromatic nitrogens is 3. The predicted molar refractivity (Wildman–Crippen MR) is 152 cm³/mol. The van der Waals surface area contributed by atoms with Crippen LogP contribution in [0.1, 0.15) is 27.9 Å². The average molecular weight is 545 g/mol. The molecule has 39 heavy (non-hydrogen) atoms. The standard InChI is InChI=1S/C30H29FN4O3S/c1-38-30(37)28(11-15-39-2)34-29(36)26-10-5-21(17-27(26)23-4-3-12-32-18-23)16-24(19-35-14-13-33-20-35)22-6-8-25(31)9-7-22/h3-10,12-14,16-18,20,28H,11,15,19H2,1-2H3,(H,34,36)/b24-16-/t28-/m0/s1. The number of nitrogens with zero attached hydrogens (tertiary/aromatic N) is 3. The minimum absolute atomic E-state index is 0.308. The van der Waals surface area contributed by atoms with Crippen LogP contribution in [-0.2, 0) is 16.1 Å². The van der Waals surface area contributed by atoms with Crippen molar-refractivity contribution in [2.75, 3.05) is 19.1 Å². The number of amides is 1. The largest absolute Gasteiger partial charge is 0.467 e. The second kappa shape index (κ2) is 13.5. The fourth-order valence-corrected chi connectivity index (χ4v) is 4.61. The number of methoxy groups -OCH3 is 1. The smallest absolute Gasteiger partial charge is 0.328 e. The second-order valence-corrected chi connectivity index (χ2v) is 9.77. The molecule has 2 heterocycles. The number of halogens is 1. The summed E-state index contributed by atoms with van der Waals surface area (Å²) in [7, 11) is 1.31. The minimum Gasteiger partial charge on any atom is -0.467 e. The van der Waals surface area contributed by atoms with Gasteiger partial charge in [0.25, 0.3) is 5.91 Å². The van der Waals surface area contributed by atoms with E-state index in [9.17, 15) is 14.0 Å². The van der Waals surface area contributed by atoms with Crippen molar-refractivity contribution < 1.29 is 18.7 Å². The number of ether oxygens (including phenoxy) is 1. The highest BCUT2D eigenvalue weighted by Gasteiger charge is 2.23. The van der Waals surface area contributed by atoms with E-state index in [4.69, 9.17) is 4.74 Å². The first-order valence-electron chi connectivity index (χ1n) is 12.3. The summed E-state index contributed by atoms with van der Waals surface area (Å²) in [4.78, 5) is 34.1. The first-order chi connectivity index (χ1) is 19.0. The molecule has 0 aliphatic carbocycles. The molecule has 2 aromatic heterocycles. The number of imidazole rings is 1. The molecule has 1 N–H and O–H groups in total. The van der Waals surface area contributed by atoms with Gasteiger partial charge in [-0.3, -0.25) is 9.78 Å². The van der Waals surface area contributed by atoms with Crippen molar-refractivity contribution in [1.29, 1.82) is 0 Å². The van der Waals surface area contributed by atoms with Gasteiger partial charge in [-0.1, -0.05) is 24.3 Å². The number of pyridine rings is 1. The fourth-order valence-electron chi connectivity index (χ4n) is 4.14. The molecule has 2 aromatic carbocycles. The number of carbonyl (C=O) groups is 2. The first-order valence-corrected chi connectivity index (χ1v) is 13.7. The van der Waals surface area contributed by atoms with Gasteiger partial charge in [-0.15, -0.1) is 0 Å². The van der Waals surface area contributed by atoms with E-state index in [1.54, 1.807) is 60.9 Å². The highest BCUT2D eigenvalue weighted by Crippen LogP contribution is 2.28. The quantitative estimate of drug-likeness (QED) is 0.202. The number of hydrogen-bond donors (Lipinski definition) is 1. The normalized spacial score (nSPS) is 12.1. The molecule has 1 amide bonds. The van der Waals surface area contributed by atoms with Crippen molar-refractivity contribution in [3.05, 3.63) is 108 Å². The van der Waals surface area contributed by atoms with Crippen LogP contribution in [0.15, 0.2) is 85.7 Å². The Balaban J connectivity index is 1.74. The number of carbonyl (C=O) groups excluding carboxylic acids is 2. The summed E-state index contributed by atoms with van der Waals surface area (Å²) in [5.74, 6) is -0.471. The van der Waals surface area contributed by atoms with E-state index in [-0.39, 0.29) is 11.7 Å². The van der Waals surface area contributed by atoms with Crippen molar-refractivity contribution in [2.45, 2.75) is 19.0 Å². The zero-order valence-corrected chi connectivity index (χ0v) is 22.5. The lowest BCUT2D eigenvalue weighted by Crippen LogP contribution is -2.42. The van der Waals surface area contributed by atoms with E-state index in [2.05, 4.69) is 15.3 Å². The van der Waals surface area contributed by atoms with E-state index in [1.165, 1.54) is 19.2 Å². The first kappa shape index (κ1) is 27.8. The number of allylic oxidation sites excluding steroid dienone is 1. The molecule has 0 saturated heterocycles. The second-order valence-electron chi connectivity index (χ2n) is 8.79. The molecule has 4 rings (SSSR count). The Hall–Kier alpha value is -4.24. The van der Waals surface area contributed by atoms with E-state index >= 15 is 0 Å². The number of hydrogen-bond acceptors (Lipinski definition) is 6. The fraction of sp³-hybridized carbons (Fsp3) is 0.200. The Morgan fingerprint density at radius 1 is 1.13 bits per heavy atom. The third-order valence-corrected chi connectivity index (χ3v) is 6.77. The third kappa shape index (κ3) is 7.42. The van der Waals surface area contributed by atoms with Gasteiger partial charge in [0.1, 0.15) is 11.9 Å². The van der Waals surface area contributed by atoms with Crippen LogP contribution in [0.5, 0.6) is 0 Å². The molecule has 0 aliphatic rings. The van der Waals surface area contributed by atoms with Gasteiger partial charge in [-0.05, 0) is 77.1 Å². The Bertz CT molecular complexity index is 1420. The van der Waals surface area contributed by atoms with Gasteiger partial charge >= 0.3 is 5.97 Å². The Kier molecular flexibility index (Phi) is 9.64. The summed E-state index contributed by atoms with van der Waals surface area (Å²) >= 11 is 1.59. The topological polar surface area (TPSA) is 86.1 Å². The summed E-state index contributed by atoms with van der Waals surface area (Å²) in [6.45, 7) is 0.520. The van der Waals surface area contributed by atoms with Gasteiger partial charge in [0.2, 0.25) is 0 Å². The number of benzene rings is 2. The van der Waals surface area contributed by atoms with Crippen LogP contribution in [0.3, 0.4) is 0 Å². The van der Waals surface area contributed by atoms with Crippen LogP contribution >= 0.6 is 11.8 Å². The van der Waals surface area contributed by atoms with Gasteiger partial charge in [0, 0.05) is 42.5 Å². The van der Waals surface area contributed by atoms with Crippen LogP contribution in [0.25, 0.3) is 22.8 Å². The summed E-state index contributed by atoms with van der Waals surface area (Å²) in [6, 6.07) is 14.8. The lowest BCUT2D eigenvalue weighted by atomic mass is 9.95. The Labute approximate surface area is 231 Å². The Morgan fingerprint density at radius 2 is 1.95 bits per heavy atom. The van der Waals surface area contributed by atoms with Crippen LogP contribution in [0.2, 0.25) is 0 Å². The highest BCUT2D eigenvalue weighted by atomic mass is 32.2. The molecule has 0 spiro atoms. The van der Waals surface area contributed by atoms with Crippen molar-refractivity contribution in [3.63, 3.8) is 0 Å². The van der Waals surface area contributed by atoms with E-state index < -0.39 is 12.0 Å². The van der Waals surface area contributed by atoms with Crippen molar-refractivity contribution in [1.82, 2.24) is 19.9 Å². The molecule has 200 valence electrons. The molecule has 0 aliphatic heterocycles. The molecule has 1 atom stereocenters. The number of thioether (sulfide) groups is 1. The lowest BCUT2D eigenvalue weighted by molar-refractivity contribution is -0.142. The van der Waals surface area contributed by atoms with Crippen molar-refractivity contribution in [2.24, 2.45) is 0 Å². The molecule has 0 bridgehead atoms. The lowest BCUT2D eigenvalue weighted by Gasteiger charge is -2.18. The zero-order valence-electron chi connectivity index (χ0n) is 21.7. The number of esters is 1. The van der Waals surface area contributed by atoms with Gasteiger partial charge in [-0.2, -0.15) is 11.8 Å². The summed E-state index contributed by atoms with van der Waals surface area (Å²) in [6.07, 6.45) is 13.1. The maximum Gasteiger partial charge on any atom is 0.328 e. The SMILES string of the molecule is COC(=O)[C@H](CCSC)NC(=O)c1ccc(/C=C(/Cn2ccnc2)c2ccc(F)cc2)cc1-c1cccnc1. The minimum atomic E-state index is -0.753. The summed E-state index contributed by atoms with van der Waals surface area (Å²) in [5, 5.41) is 2.84. The van der Waals surface area contributed by atoms with E-state index in [0.29, 0.717) is 29.8 Å². The summed E-state index contributed by atoms with van der Waals surface area (Å²) < 4.78 is 20.5. The third-order valence-electron chi connectivity index (χ3n) is 6.13. The maximum atomic E-state index is 13.6. The van der Waals surface area contributed by atoms with Gasteiger partial charge in [0.05, 0.1) is 13.4 Å². The monoisotopic (exact) mass is 544 g/mol. The molecule has 7 nitrogen and oxygen atoms in total. The molecule has 0 unspecified atom stereocenters. The van der Waals surface area contributed by atoms with Crippen molar-refractivity contribution in [3.8, 4) is 11.1 Å². The van der Waals surface area contributed by atoms with Crippen LogP contribution < -0.4 is 5.32 Å². The Morgan fingerprint density at radius 3 is 2.62 bits per heavy atom. The molecule has 9 heteroatoms. The predicted octanol–water partition coefficient (Wildman–Crippen LogP) is 5.35. The molecule has 0 saturated carbocycles. The zero-order chi connectivity index (χ0) is 27.6. The number of rotatable bonds is 11. The van der Waals surface area contributed by atoms with Gasteiger partial charge < -0.3 is 14.6 Å². The van der Waals surface area contributed by atoms with Crippen molar-refractivity contribution >= 4 is 35.3 Å². The maximum absolute atomic E-state index is 13.6. The van der Waals surface area contributed by atoms with Crippen LogP contribution in [0, 0.1) is 5.82 Å². The number of nitrogens with one attached hydrogen (secondary N) is 1. The van der Waals surface area contributed by atoms with Gasteiger partial charge in [0.15, 0.2) is 0 Å². The van der Waals surface area contributed by atoms with Gasteiger partial charge in [-0.25, -0.2) is 14.2 Å².